The van der Waals surface area contributed by atoms with Crippen LogP contribution < -0.4 is 5.32 Å². The second-order valence-electron chi connectivity index (χ2n) is 4.29. The lowest BCUT2D eigenvalue weighted by atomic mass is 10.0. The Kier molecular flexibility index (Phi) is 3.11. The third-order valence-corrected chi connectivity index (χ3v) is 2.95. The molecule has 1 aromatic rings. The van der Waals surface area contributed by atoms with E-state index in [0.29, 0.717) is 12.8 Å². The number of hydrogen-bond acceptors (Lipinski definition) is 4. The minimum atomic E-state index is -4.58. The Balaban J connectivity index is 2.22. The van der Waals surface area contributed by atoms with Crippen LogP contribution in [-0.4, -0.2) is 15.5 Å². The summed E-state index contributed by atoms with van der Waals surface area (Å²) < 4.78 is 37.3. The first-order valence-corrected chi connectivity index (χ1v) is 5.55. The molecule has 1 N–H and O–H groups in total. The molecule has 1 saturated carbocycles. The summed E-state index contributed by atoms with van der Waals surface area (Å²) in [5, 5.41) is 11.9. The number of hydrogen-bond donors (Lipinski definition) is 1. The predicted octanol–water partition coefficient (Wildman–Crippen LogP) is 2.74. The fourth-order valence-electron chi connectivity index (χ4n) is 2.05. The first-order valence-electron chi connectivity index (χ1n) is 5.55. The SMILES string of the molecule is N#CC1(Nc2ccnc(C(F)(F)F)n2)CCCC1. The molecule has 1 fully saturated rings. The standard InChI is InChI=1S/C11H11F3N4/c12-11(13,14)9-16-6-3-8(17-9)18-10(7-15)4-1-2-5-10/h3,6H,1-2,4-5H2,(H,16,17,18). The van der Waals surface area contributed by atoms with Gasteiger partial charge in [-0.15, -0.1) is 0 Å². The van der Waals surface area contributed by atoms with Gasteiger partial charge in [0.25, 0.3) is 0 Å². The van der Waals surface area contributed by atoms with Crippen molar-refractivity contribution >= 4 is 5.82 Å². The molecule has 0 amide bonds. The van der Waals surface area contributed by atoms with E-state index in [1.165, 1.54) is 6.07 Å². The number of aromatic nitrogens is 2. The van der Waals surface area contributed by atoms with Crippen LogP contribution in [-0.2, 0) is 6.18 Å². The summed E-state index contributed by atoms with van der Waals surface area (Å²) in [6.07, 6.45) is -0.523. The van der Waals surface area contributed by atoms with Crippen LogP contribution in [0, 0.1) is 11.3 Å². The fraction of sp³-hybridized carbons (Fsp3) is 0.545. The van der Waals surface area contributed by atoms with Crippen molar-refractivity contribution in [3.05, 3.63) is 18.1 Å². The second-order valence-corrected chi connectivity index (χ2v) is 4.29. The number of nitrogens with one attached hydrogen (secondary N) is 1. The highest BCUT2D eigenvalue weighted by molar-refractivity contribution is 5.41. The van der Waals surface area contributed by atoms with E-state index in [1.807, 2.05) is 0 Å². The van der Waals surface area contributed by atoms with E-state index in [-0.39, 0.29) is 5.82 Å². The van der Waals surface area contributed by atoms with Crippen LogP contribution in [0.15, 0.2) is 12.3 Å². The monoisotopic (exact) mass is 256 g/mol. The summed E-state index contributed by atoms with van der Waals surface area (Å²) in [4.78, 5) is 6.58. The van der Waals surface area contributed by atoms with Crippen LogP contribution in [0.3, 0.4) is 0 Å². The Morgan fingerprint density at radius 3 is 2.56 bits per heavy atom. The van der Waals surface area contributed by atoms with Crippen molar-refractivity contribution in [2.75, 3.05) is 5.32 Å². The van der Waals surface area contributed by atoms with E-state index < -0.39 is 17.5 Å². The number of halogens is 3. The lowest BCUT2D eigenvalue weighted by Gasteiger charge is -2.22. The van der Waals surface area contributed by atoms with E-state index in [2.05, 4.69) is 21.4 Å². The van der Waals surface area contributed by atoms with Gasteiger partial charge < -0.3 is 5.32 Å². The molecule has 0 aromatic carbocycles. The maximum absolute atomic E-state index is 12.4. The van der Waals surface area contributed by atoms with Crippen LogP contribution in [0.4, 0.5) is 19.0 Å². The molecule has 0 radical (unpaired) electrons. The Morgan fingerprint density at radius 2 is 2.00 bits per heavy atom. The van der Waals surface area contributed by atoms with Gasteiger partial charge in [0.2, 0.25) is 5.82 Å². The van der Waals surface area contributed by atoms with E-state index in [1.54, 1.807) is 0 Å². The normalized spacial score (nSPS) is 18.3. The summed E-state index contributed by atoms with van der Waals surface area (Å²) in [7, 11) is 0. The molecule has 1 aliphatic rings. The molecular weight excluding hydrogens is 245 g/mol. The largest absolute Gasteiger partial charge is 0.451 e. The van der Waals surface area contributed by atoms with Crippen LogP contribution in [0.5, 0.6) is 0 Å². The highest BCUT2D eigenvalue weighted by Crippen LogP contribution is 2.33. The first-order chi connectivity index (χ1) is 8.45. The van der Waals surface area contributed by atoms with Gasteiger partial charge in [-0.25, -0.2) is 9.97 Å². The van der Waals surface area contributed by atoms with Crippen molar-refractivity contribution in [2.45, 2.75) is 37.4 Å². The Bertz CT molecular complexity index is 472. The molecule has 1 heterocycles. The molecule has 0 atom stereocenters. The molecule has 0 spiro atoms. The van der Waals surface area contributed by atoms with Crippen LogP contribution in [0.1, 0.15) is 31.5 Å². The van der Waals surface area contributed by atoms with Gasteiger partial charge in [0.1, 0.15) is 11.4 Å². The molecular formula is C11H11F3N4. The van der Waals surface area contributed by atoms with Crippen molar-refractivity contribution in [1.82, 2.24) is 9.97 Å². The third-order valence-electron chi connectivity index (χ3n) is 2.95. The summed E-state index contributed by atoms with van der Waals surface area (Å²) in [6, 6.07) is 3.47. The number of nitrogens with zero attached hydrogens (tertiary/aromatic N) is 3. The van der Waals surface area contributed by atoms with Crippen molar-refractivity contribution in [3.63, 3.8) is 0 Å². The summed E-state index contributed by atoms with van der Waals surface area (Å²) >= 11 is 0. The first kappa shape index (κ1) is 12.6. The quantitative estimate of drug-likeness (QED) is 0.883. The molecule has 7 heteroatoms. The molecule has 1 aromatic heterocycles. The fourth-order valence-corrected chi connectivity index (χ4v) is 2.05. The van der Waals surface area contributed by atoms with Gasteiger partial charge in [0.15, 0.2) is 0 Å². The topological polar surface area (TPSA) is 61.6 Å². The molecule has 0 saturated heterocycles. The van der Waals surface area contributed by atoms with Gasteiger partial charge in [-0.2, -0.15) is 18.4 Å². The molecule has 0 unspecified atom stereocenters. The number of rotatable bonds is 2. The maximum atomic E-state index is 12.4. The van der Waals surface area contributed by atoms with Gasteiger partial charge in [-0.05, 0) is 31.7 Å². The summed E-state index contributed by atoms with van der Waals surface area (Å²) in [5.41, 5.74) is -0.794. The minimum absolute atomic E-state index is 0.0424. The highest BCUT2D eigenvalue weighted by Gasteiger charge is 2.37. The van der Waals surface area contributed by atoms with Gasteiger partial charge in [0, 0.05) is 6.20 Å². The Hall–Kier alpha value is -1.84. The van der Waals surface area contributed by atoms with Crippen molar-refractivity contribution in [1.29, 1.82) is 5.26 Å². The third kappa shape index (κ3) is 2.53. The predicted molar refractivity (Wildman–Crippen MR) is 57.5 cm³/mol. The average molecular weight is 256 g/mol. The molecule has 2 rings (SSSR count). The van der Waals surface area contributed by atoms with Crippen molar-refractivity contribution in [3.8, 4) is 6.07 Å². The van der Waals surface area contributed by atoms with E-state index in [9.17, 15) is 13.2 Å². The highest BCUT2D eigenvalue weighted by atomic mass is 19.4. The molecule has 18 heavy (non-hydrogen) atoms. The van der Waals surface area contributed by atoms with Crippen molar-refractivity contribution in [2.24, 2.45) is 0 Å². The second kappa shape index (κ2) is 4.44. The zero-order valence-electron chi connectivity index (χ0n) is 9.46. The van der Waals surface area contributed by atoms with E-state index in [4.69, 9.17) is 5.26 Å². The molecule has 1 aliphatic carbocycles. The Morgan fingerprint density at radius 1 is 1.33 bits per heavy atom. The van der Waals surface area contributed by atoms with Crippen LogP contribution in [0.2, 0.25) is 0 Å². The lowest BCUT2D eigenvalue weighted by molar-refractivity contribution is -0.144. The molecule has 4 nitrogen and oxygen atoms in total. The van der Waals surface area contributed by atoms with Crippen LogP contribution >= 0.6 is 0 Å². The number of anilines is 1. The lowest BCUT2D eigenvalue weighted by Crippen LogP contribution is -2.33. The van der Waals surface area contributed by atoms with E-state index >= 15 is 0 Å². The van der Waals surface area contributed by atoms with E-state index in [0.717, 1.165) is 19.0 Å². The van der Waals surface area contributed by atoms with Gasteiger partial charge in [0.05, 0.1) is 6.07 Å². The smallest absolute Gasteiger partial charge is 0.352 e. The van der Waals surface area contributed by atoms with Crippen molar-refractivity contribution < 1.29 is 13.2 Å². The average Bonchev–Trinajstić information content (AvgIpc) is 2.77. The maximum Gasteiger partial charge on any atom is 0.451 e. The zero-order valence-corrected chi connectivity index (χ0v) is 9.46. The molecule has 0 aliphatic heterocycles. The van der Waals surface area contributed by atoms with Gasteiger partial charge in [-0.1, -0.05) is 0 Å². The Labute approximate surface area is 102 Å². The number of alkyl halides is 3. The van der Waals surface area contributed by atoms with Crippen LogP contribution in [0.25, 0.3) is 0 Å². The number of nitriles is 1. The van der Waals surface area contributed by atoms with Gasteiger partial charge in [-0.3, -0.25) is 0 Å². The zero-order chi connectivity index (χ0) is 13.2. The minimum Gasteiger partial charge on any atom is -0.352 e. The van der Waals surface area contributed by atoms with Gasteiger partial charge >= 0.3 is 6.18 Å². The molecule has 0 bridgehead atoms. The molecule has 96 valence electrons. The summed E-state index contributed by atoms with van der Waals surface area (Å²) in [5.74, 6) is -1.15. The summed E-state index contributed by atoms with van der Waals surface area (Å²) in [6.45, 7) is 0.